The van der Waals surface area contributed by atoms with Crippen molar-refractivity contribution in [2.45, 2.75) is 44.2 Å². The molecule has 5 nitrogen and oxygen atoms in total. The maximum atomic E-state index is 12.3. The van der Waals surface area contributed by atoms with Gasteiger partial charge in [-0.05, 0) is 43.2 Å². The van der Waals surface area contributed by atoms with E-state index in [1.54, 1.807) is 4.90 Å². The molecule has 3 rings (SSSR count). The minimum Gasteiger partial charge on any atom is -0.380 e. The van der Waals surface area contributed by atoms with Crippen molar-refractivity contribution in [2.24, 2.45) is 0 Å². The molecule has 1 aliphatic heterocycles. The fourth-order valence-corrected chi connectivity index (χ4v) is 3.33. The highest BCUT2D eigenvalue weighted by atomic mass is 16.3. The molecule has 0 unspecified atom stereocenters. The minimum atomic E-state index is -1.27. The molecule has 2 N–H and O–H groups in total. The first-order valence-electron chi connectivity index (χ1n) is 7.94. The van der Waals surface area contributed by atoms with Gasteiger partial charge in [0.05, 0.1) is 6.54 Å². The summed E-state index contributed by atoms with van der Waals surface area (Å²) in [5.74, 6) is -0.500. The summed E-state index contributed by atoms with van der Waals surface area (Å²) < 4.78 is 0. The lowest BCUT2D eigenvalue weighted by molar-refractivity contribution is -0.142. The van der Waals surface area contributed by atoms with E-state index in [9.17, 15) is 14.7 Å². The van der Waals surface area contributed by atoms with Crippen molar-refractivity contribution in [3.63, 3.8) is 0 Å². The van der Waals surface area contributed by atoms with Crippen LogP contribution in [0.3, 0.4) is 0 Å². The van der Waals surface area contributed by atoms with Crippen LogP contribution in [0.1, 0.15) is 36.8 Å². The minimum absolute atomic E-state index is 0.0384. The SMILES string of the molecule is O=C(CNC(=O)C1(O)CCCC1)N1CCc2ccccc2C1. The number of rotatable bonds is 3. The molecule has 0 aromatic heterocycles. The fourth-order valence-electron chi connectivity index (χ4n) is 3.33. The molecular formula is C17H22N2O3. The van der Waals surface area contributed by atoms with Gasteiger partial charge < -0.3 is 15.3 Å². The molecule has 1 aromatic rings. The topological polar surface area (TPSA) is 69.6 Å². The molecule has 0 saturated heterocycles. The molecule has 5 heteroatoms. The quantitative estimate of drug-likeness (QED) is 0.875. The number of carbonyl (C=O) groups is 2. The number of nitrogens with one attached hydrogen (secondary N) is 1. The molecule has 1 aliphatic carbocycles. The molecule has 1 fully saturated rings. The molecule has 1 saturated carbocycles. The lowest BCUT2D eigenvalue weighted by Gasteiger charge is -2.29. The lowest BCUT2D eigenvalue weighted by atomic mass is 10.00. The molecule has 22 heavy (non-hydrogen) atoms. The van der Waals surface area contributed by atoms with Crippen LogP contribution in [0.25, 0.3) is 0 Å². The van der Waals surface area contributed by atoms with Crippen LogP contribution < -0.4 is 5.32 Å². The lowest BCUT2D eigenvalue weighted by Crippen LogP contribution is -2.49. The maximum absolute atomic E-state index is 12.3. The van der Waals surface area contributed by atoms with Crippen LogP contribution in [0, 0.1) is 0 Å². The zero-order valence-electron chi connectivity index (χ0n) is 12.7. The van der Waals surface area contributed by atoms with Crippen molar-refractivity contribution >= 4 is 11.8 Å². The van der Waals surface area contributed by atoms with Gasteiger partial charge in [-0.25, -0.2) is 0 Å². The van der Waals surface area contributed by atoms with Crippen LogP contribution in [-0.2, 0) is 22.6 Å². The normalized spacial score (nSPS) is 19.6. The Morgan fingerprint density at radius 3 is 2.59 bits per heavy atom. The van der Waals surface area contributed by atoms with E-state index in [0.717, 1.165) is 19.3 Å². The second-order valence-electron chi connectivity index (χ2n) is 6.26. The van der Waals surface area contributed by atoms with E-state index >= 15 is 0 Å². The van der Waals surface area contributed by atoms with Crippen LogP contribution in [0.2, 0.25) is 0 Å². The standard InChI is InChI=1S/C17H22N2O3/c20-15(11-18-16(21)17(22)8-3-4-9-17)19-10-7-13-5-1-2-6-14(13)12-19/h1-2,5-6,22H,3-4,7-12H2,(H,18,21). The second kappa shape index (κ2) is 6.08. The summed E-state index contributed by atoms with van der Waals surface area (Å²) in [6, 6.07) is 8.12. The Balaban J connectivity index is 1.54. The summed E-state index contributed by atoms with van der Waals surface area (Å²) in [4.78, 5) is 26.0. The number of fused-ring (bicyclic) bond motifs is 1. The monoisotopic (exact) mass is 302 g/mol. The van der Waals surface area contributed by atoms with Gasteiger partial charge >= 0.3 is 0 Å². The van der Waals surface area contributed by atoms with E-state index in [-0.39, 0.29) is 12.5 Å². The third kappa shape index (κ3) is 2.99. The number of aliphatic hydroxyl groups is 1. The number of amides is 2. The van der Waals surface area contributed by atoms with Crippen molar-refractivity contribution in [3.8, 4) is 0 Å². The summed E-state index contributed by atoms with van der Waals surface area (Å²) in [7, 11) is 0. The first-order chi connectivity index (χ1) is 10.6. The van der Waals surface area contributed by atoms with Crippen LogP contribution in [0.4, 0.5) is 0 Å². The molecule has 2 aliphatic rings. The molecule has 0 radical (unpaired) electrons. The number of carbonyl (C=O) groups excluding carboxylic acids is 2. The van der Waals surface area contributed by atoms with E-state index in [2.05, 4.69) is 11.4 Å². The Morgan fingerprint density at radius 1 is 1.18 bits per heavy atom. The number of benzene rings is 1. The van der Waals surface area contributed by atoms with E-state index in [1.165, 1.54) is 11.1 Å². The van der Waals surface area contributed by atoms with Gasteiger partial charge in [-0.1, -0.05) is 24.3 Å². The van der Waals surface area contributed by atoms with E-state index in [0.29, 0.717) is 25.9 Å². The van der Waals surface area contributed by atoms with Gasteiger partial charge in [-0.3, -0.25) is 9.59 Å². The molecule has 1 heterocycles. The summed E-state index contributed by atoms with van der Waals surface area (Å²) >= 11 is 0. The second-order valence-corrected chi connectivity index (χ2v) is 6.26. The van der Waals surface area contributed by atoms with Gasteiger partial charge in [0.15, 0.2) is 0 Å². The Morgan fingerprint density at radius 2 is 1.86 bits per heavy atom. The van der Waals surface area contributed by atoms with Crippen LogP contribution in [0.15, 0.2) is 24.3 Å². The van der Waals surface area contributed by atoms with E-state index in [4.69, 9.17) is 0 Å². The average Bonchev–Trinajstić information content (AvgIpc) is 2.99. The summed E-state index contributed by atoms with van der Waals surface area (Å²) in [5, 5.41) is 12.8. The number of hydrogen-bond acceptors (Lipinski definition) is 3. The first kappa shape index (κ1) is 15.0. The fraction of sp³-hybridized carbons (Fsp3) is 0.529. The molecule has 2 amide bonds. The molecule has 0 bridgehead atoms. The third-order valence-electron chi connectivity index (χ3n) is 4.74. The predicted molar refractivity (Wildman–Crippen MR) is 82.0 cm³/mol. The van der Waals surface area contributed by atoms with Crippen LogP contribution >= 0.6 is 0 Å². The molecule has 1 aromatic carbocycles. The Bertz CT molecular complexity index is 579. The smallest absolute Gasteiger partial charge is 0.252 e. The van der Waals surface area contributed by atoms with E-state index in [1.807, 2.05) is 18.2 Å². The molecular weight excluding hydrogens is 280 g/mol. The van der Waals surface area contributed by atoms with Gasteiger partial charge in [-0.2, -0.15) is 0 Å². The highest BCUT2D eigenvalue weighted by Gasteiger charge is 2.38. The van der Waals surface area contributed by atoms with Crippen molar-refractivity contribution in [3.05, 3.63) is 35.4 Å². The van der Waals surface area contributed by atoms with Gasteiger partial charge in [0.1, 0.15) is 5.60 Å². The number of hydrogen-bond donors (Lipinski definition) is 2. The average molecular weight is 302 g/mol. The van der Waals surface area contributed by atoms with Crippen molar-refractivity contribution in [1.82, 2.24) is 10.2 Å². The third-order valence-corrected chi connectivity index (χ3v) is 4.74. The summed E-state index contributed by atoms with van der Waals surface area (Å²) in [6.07, 6.45) is 3.55. The summed E-state index contributed by atoms with van der Waals surface area (Å²) in [5.41, 5.74) is 1.19. The largest absolute Gasteiger partial charge is 0.380 e. The van der Waals surface area contributed by atoms with Gasteiger partial charge in [0.25, 0.3) is 5.91 Å². The molecule has 0 spiro atoms. The molecule has 0 atom stereocenters. The van der Waals surface area contributed by atoms with Crippen molar-refractivity contribution < 1.29 is 14.7 Å². The highest BCUT2D eigenvalue weighted by molar-refractivity contribution is 5.89. The molecule has 118 valence electrons. The Labute approximate surface area is 130 Å². The van der Waals surface area contributed by atoms with Gasteiger partial charge in [0.2, 0.25) is 5.91 Å². The van der Waals surface area contributed by atoms with Gasteiger partial charge in [0, 0.05) is 13.1 Å². The Kier molecular flexibility index (Phi) is 4.16. The van der Waals surface area contributed by atoms with Crippen LogP contribution in [0.5, 0.6) is 0 Å². The summed E-state index contributed by atoms with van der Waals surface area (Å²) in [6.45, 7) is 1.23. The Hall–Kier alpha value is -1.88. The van der Waals surface area contributed by atoms with Gasteiger partial charge in [-0.15, -0.1) is 0 Å². The zero-order chi connectivity index (χ0) is 15.6. The van der Waals surface area contributed by atoms with E-state index < -0.39 is 11.5 Å². The first-order valence-corrected chi connectivity index (χ1v) is 7.94. The number of nitrogens with zero attached hydrogens (tertiary/aromatic N) is 1. The zero-order valence-corrected chi connectivity index (χ0v) is 12.7. The van der Waals surface area contributed by atoms with Crippen molar-refractivity contribution in [1.29, 1.82) is 0 Å². The van der Waals surface area contributed by atoms with Crippen molar-refractivity contribution in [2.75, 3.05) is 13.1 Å². The van der Waals surface area contributed by atoms with Crippen LogP contribution in [-0.4, -0.2) is 40.5 Å². The predicted octanol–water partition coefficient (Wildman–Crippen LogP) is 0.993. The maximum Gasteiger partial charge on any atom is 0.252 e. The highest BCUT2D eigenvalue weighted by Crippen LogP contribution is 2.29.